The maximum atomic E-state index is 5.96. The minimum atomic E-state index is 0.764. The van der Waals surface area contributed by atoms with Crippen LogP contribution in [0.25, 0.3) is 0 Å². The van der Waals surface area contributed by atoms with E-state index in [1.165, 1.54) is 50.8 Å². The van der Waals surface area contributed by atoms with Crippen LogP contribution in [0.2, 0.25) is 0 Å². The number of nitrogens with one attached hydrogen (secondary N) is 1. The van der Waals surface area contributed by atoms with E-state index in [4.69, 9.17) is 4.42 Å². The molecule has 0 aromatic carbocycles. The summed E-state index contributed by atoms with van der Waals surface area (Å²) in [5.41, 5.74) is 1.34. The Morgan fingerprint density at radius 2 is 2.10 bits per heavy atom. The lowest BCUT2D eigenvalue weighted by atomic mass is 10.0. The lowest BCUT2D eigenvalue weighted by Gasteiger charge is -2.18. The highest BCUT2D eigenvalue weighted by Gasteiger charge is 2.21. The summed E-state index contributed by atoms with van der Waals surface area (Å²) in [6.07, 6.45) is 6.72. The minimum Gasteiger partial charge on any atom is -0.465 e. The van der Waals surface area contributed by atoms with Crippen LogP contribution < -0.4 is 5.32 Å². The Hall–Kier alpha value is -0.800. The summed E-state index contributed by atoms with van der Waals surface area (Å²) in [4.78, 5) is 2.56. The summed E-state index contributed by atoms with van der Waals surface area (Å²) in [5, 5.41) is 3.57. The Labute approximate surface area is 122 Å². The Balaban J connectivity index is 1.54. The van der Waals surface area contributed by atoms with Crippen molar-refractivity contribution < 1.29 is 4.42 Å². The van der Waals surface area contributed by atoms with Crippen molar-refractivity contribution in [3.05, 3.63) is 23.2 Å². The van der Waals surface area contributed by atoms with E-state index in [2.05, 4.69) is 30.1 Å². The second-order valence-corrected chi connectivity index (χ2v) is 6.76. The van der Waals surface area contributed by atoms with Crippen LogP contribution in [0.5, 0.6) is 0 Å². The molecule has 1 N–H and O–H groups in total. The van der Waals surface area contributed by atoms with E-state index in [0.717, 1.165) is 36.6 Å². The van der Waals surface area contributed by atoms with Crippen molar-refractivity contribution in [2.45, 2.75) is 65.1 Å². The van der Waals surface area contributed by atoms with E-state index in [9.17, 15) is 0 Å². The summed E-state index contributed by atoms with van der Waals surface area (Å²) in [6, 6.07) is 3.03. The van der Waals surface area contributed by atoms with Crippen molar-refractivity contribution in [2.75, 3.05) is 13.1 Å². The third-order valence-corrected chi connectivity index (χ3v) is 4.72. The first kappa shape index (κ1) is 14.2. The van der Waals surface area contributed by atoms with Gasteiger partial charge in [-0.15, -0.1) is 0 Å². The highest BCUT2D eigenvalue weighted by Crippen LogP contribution is 2.23. The molecular weight excluding hydrogens is 248 g/mol. The lowest BCUT2D eigenvalue weighted by Crippen LogP contribution is -2.24. The van der Waals surface area contributed by atoms with E-state index in [-0.39, 0.29) is 0 Å². The summed E-state index contributed by atoms with van der Waals surface area (Å²) in [6.45, 7) is 8.87. The number of aryl methyl sites for hydroxylation is 1. The van der Waals surface area contributed by atoms with Crippen molar-refractivity contribution in [2.24, 2.45) is 5.92 Å². The van der Waals surface area contributed by atoms with Gasteiger partial charge in [-0.1, -0.05) is 6.92 Å². The van der Waals surface area contributed by atoms with E-state index in [1.807, 2.05) is 0 Å². The molecule has 3 rings (SSSR count). The fourth-order valence-corrected chi connectivity index (χ4v) is 3.08. The molecule has 20 heavy (non-hydrogen) atoms. The number of furan rings is 1. The predicted octanol–water partition coefficient (Wildman–Crippen LogP) is 3.46. The molecule has 0 radical (unpaired) electrons. The van der Waals surface area contributed by atoms with Crippen LogP contribution in [0.3, 0.4) is 0 Å². The SMILES string of the molecule is Cc1oc(CN2CCCC(C)CC2)cc1CNC1CC1. The fourth-order valence-electron chi connectivity index (χ4n) is 3.08. The molecule has 1 aromatic heterocycles. The van der Waals surface area contributed by atoms with Crippen molar-refractivity contribution in [1.29, 1.82) is 0 Å². The molecule has 1 aliphatic heterocycles. The number of hydrogen-bond acceptors (Lipinski definition) is 3. The molecule has 0 bridgehead atoms. The largest absolute Gasteiger partial charge is 0.465 e. The van der Waals surface area contributed by atoms with E-state index in [0.29, 0.717) is 0 Å². The summed E-state index contributed by atoms with van der Waals surface area (Å²) >= 11 is 0. The van der Waals surface area contributed by atoms with E-state index >= 15 is 0 Å². The molecule has 1 unspecified atom stereocenters. The summed E-state index contributed by atoms with van der Waals surface area (Å²) in [7, 11) is 0. The molecule has 0 spiro atoms. The van der Waals surface area contributed by atoms with Gasteiger partial charge < -0.3 is 9.73 Å². The maximum Gasteiger partial charge on any atom is 0.118 e. The molecule has 1 aromatic rings. The van der Waals surface area contributed by atoms with Crippen LogP contribution in [0.1, 0.15) is 56.1 Å². The highest BCUT2D eigenvalue weighted by atomic mass is 16.3. The first-order valence-electron chi connectivity index (χ1n) is 8.24. The number of nitrogens with zero attached hydrogens (tertiary/aromatic N) is 1. The van der Waals surface area contributed by atoms with Crippen molar-refractivity contribution in [3.8, 4) is 0 Å². The van der Waals surface area contributed by atoms with Gasteiger partial charge in [-0.05, 0) is 64.1 Å². The number of likely N-dealkylation sites (tertiary alicyclic amines) is 1. The van der Waals surface area contributed by atoms with Gasteiger partial charge in [-0.25, -0.2) is 0 Å². The Bertz CT molecular complexity index is 436. The Morgan fingerprint density at radius 1 is 1.25 bits per heavy atom. The van der Waals surface area contributed by atoms with Crippen LogP contribution in [-0.4, -0.2) is 24.0 Å². The molecule has 2 fully saturated rings. The molecule has 3 nitrogen and oxygen atoms in total. The quantitative estimate of drug-likeness (QED) is 0.892. The van der Waals surface area contributed by atoms with Gasteiger partial charge in [0.1, 0.15) is 11.5 Å². The molecule has 3 heteroatoms. The highest BCUT2D eigenvalue weighted by molar-refractivity contribution is 5.21. The molecule has 0 amide bonds. The molecule has 1 atom stereocenters. The molecular formula is C17H28N2O. The lowest BCUT2D eigenvalue weighted by molar-refractivity contribution is 0.249. The van der Waals surface area contributed by atoms with E-state index in [1.54, 1.807) is 0 Å². The van der Waals surface area contributed by atoms with Crippen molar-refractivity contribution in [1.82, 2.24) is 10.2 Å². The van der Waals surface area contributed by atoms with Crippen LogP contribution >= 0.6 is 0 Å². The average molecular weight is 276 g/mol. The van der Waals surface area contributed by atoms with Crippen molar-refractivity contribution >= 4 is 0 Å². The van der Waals surface area contributed by atoms with Gasteiger partial charge >= 0.3 is 0 Å². The summed E-state index contributed by atoms with van der Waals surface area (Å²) in [5.74, 6) is 3.12. The number of hydrogen-bond donors (Lipinski definition) is 1. The van der Waals surface area contributed by atoms with Crippen LogP contribution in [0.4, 0.5) is 0 Å². The zero-order valence-electron chi connectivity index (χ0n) is 13.0. The Morgan fingerprint density at radius 3 is 2.90 bits per heavy atom. The second kappa shape index (κ2) is 6.31. The smallest absolute Gasteiger partial charge is 0.118 e. The fraction of sp³-hybridized carbons (Fsp3) is 0.765. The van der Waals surface area contributed by atoms with Crippen molar-refractivity contribution in [3.63, 3.8) is 0 Å². The third kappa shape index (κ3) is 3.86. The molecule has 112 valence electrons. The average Bonchev–Trinajstić information content (AvgIpc) is 3.19. The van der Waals surface area contributed by atoms with Gasteiger partial charge in [0.15, 0.2) is 0 Å². The number of rotatable bonds is 5. The first-order valence-corrected chi connectivity index (χ1v) is 8.24. The normalized spacial score (nSPS) is 24.8. The van der Waals surface area contributed by atoms with Gasteiger partial charge in [0, 0.05) is 18.2 Å². The molecule has 2 aliphatic rings. The van der Waals surface area contributed by atoms with Crippen LogP contribution in [-0.2, 0) is 13.1 Å². The van der Waals surface area contributed by atoms with Gasteiger partial charge in [-0.3, -0.25) is 4.90 Å². The summed E-state index contributed by atoms with van der Waals surface area (Å²) < 4.78 is 5.96. The second-order valence-electron chi connectivity index (χ2n) is 6.76. The maximum absolute atomic E-state index is 5.96. The molecule has 1 saturated carbocycles. The topological polar surface area (TPSA) is 28.4 Å². The molecule has 1 saturated heterocycles. The monoisotopic (exact) mass is 276 g/mol. The Kier molecular flexibility index (Phi) is 4.47. The van der Waals surface area contributed by atoms with Gasteiger partial charge in [-0.2, -0.15) is 0 Å². The van der Waals surface area contributed by atoms with Gasteiger partial charge in [0.2, 0.25) is 0 Å². The van der Waals surface area contributed by atoms with Gasteiger partial charge in [0.25, 0.3) is 0 Å². The third-order valence-electron chi connectivity index (χ3n) is 4.72. The standard InChI is InChI=1S/C17H28N2O/c1-13-4-3-8-19(9-7-13)12-17-10-15(14(2)20-17)11-18-16-5-6-16/h10,13,16,18H,3-9,11-12H2,1-2H3. The zero-order valence-corrected chi connectivity index (χ0v) is 13.0. The van der Waals surface area contributed by atoms with Gasteiger partial charge in [0.05, 0.1) is 6.54 Å². The predicted molar refractivity (Wildman–Crippen MR) is 81.6 cm³/mol. The van der Waals surface area contributed by atoms with E-state index < -0.39 is 0 Å². The zero-order chi connectivity index (χ0) is 13.9. The molecule has 2 heterocycles. The first-order chi connectivity index (χ1) is 9.70. The van der Waals surface area contributed by atoms with Crippen LogP contribution in [0, 0.1) is 12.8 Å². The van der Waals surface area contributed by atoms with Crippen LogP contribution in [0.15, 0.2) is 10.5 Å². The minimum absolute atomic E-state index is 0.764. The molecule has 1 aliphatic carbocycles.